The minimum Gasteiger partial charge on any atom is -0.325 e. The molecule has 1 fully saturated rings. The maximum absolute atomic E-state index is 12.4. The Hall–Kier alpha value is -1.39. The summed E-state index contributed by atoms with van der Waals surface area (Å²) in [5.74, 6) is 0.194. The summed E-state index contributed by atoms with van der Waals surface area (Å²) in [6.45, 7) is 0. The van der Waals surface area contributed by atoms with Crippen molar-refractivity contribution in [1.82, 2.24) is 4.98 Å². The molecule has 100 valence electrons. The summed E-state index contributed by atoms with van der Waals surface area (Å²) in [6, 6.07) is 9.50. The van der Waals surface area contributed by atoms with Crippen molar-refractivity contribution in [3.8, 4) is 0 Å². The summed E-state index contributed by atoms with van der Waals surface area (Å²) in [7, 11) is 0. The van der Waals surface area contributed by atoms with E-state index in [0.29, 0.717) is 5.02 Å². The summed E-state index contributed by atoms with van der Waals surface area (Å²) in [5, 5.41) is 3.62. The average Bonchev–Trinajstić information content (AvgIpc) is 3.12. The molecular formula is C15H10BrClN2O. The lowest BCUT2D eigenvalue weighted by molar-refractivity contribution is -0.118. The quantitative estimate of drug-likeness (QED) is 0.849. The van der Waals surface area contributed by atoms with Crippen molar-refractivity contribution in [2.45, 2.75) is 17.8 Å². The molecule has 1 spiro atoms. The maximum atomic E-state index is 12.4. The van der Waals surface area contributed by atoms with Crippen molar-refractivity contribution in [3.63, 3.8) is 0 Å². The van der Waals surface area contributed by atoms with Crippen molar-refractivity contribution < 1.29 is 4.79 Å². The fraction of sp³-hybridized carbons (Fsp3) is 0.200. The Bertz CT molecular complexity index is 731. The molecular weight excluding hydrogens is 340 g/mol. The molecule has 20 heavy (non-hydrogen) atoms. The number of halogens is 2. The van der Waals surface area contributed by atoms with Gasteiger partial charge in [0.05, 0.1) is 5.41 Å². The Labute approximate surface area is 129 Å². The summed E-state index contributed by atoms with van der Waals surface area (Å²) in [4.78, 5) is 16.8. The molecule has 1 N–H and O–H groups in total. The third kappa shape index (κ3) is 1.58. The van der Waals surface area contributed by atoms with Gasteiger partial charge in [-0.25, -0.2) is 0 Å². The first-order valence-corrected chi connectivity index (χ1v) is 7.51. The monoisotopic (exact) mass is 348 g/mol. The van der Waals surface area contributed by atoms with Crippen LogP contribution in [0.2, 0.25) is 5.02 Å². The van der Waals surface area contributed by atoms with Gasteiger partial charge in [0, 0.05) is 33.0 Å². The van der Waals surface area contributed by atoms with E-state index in [4.69, 9.17) is 11.6 Å². The zero-order valence-electron chi connectivity index (χ0n) is 10.4. The largest absolute Gasteiger partial charge is 0.325 e. The topological polar surface area (TPSA) is 42.0 Å². The van der Waals surface area contributed by atoms with Gasteiger partial charge in [-0.1, -0.05) is 11.6 Å². The van der Waals surface area contributed by atoms with E-state index in [1.807, 2.05) is 24.3 Å². The fourth-order valence-corrected chi connectivity index (χ4v) is 3.52. The van der Waals surface area contributed by atoms with Crippen LogP contribution >= 0.6 is 27.5 Å². The second-order valence-corrected chi connectivity index (χ2v) is 6.63. The average molecular weight is 350 g/mol. The lowest BCUT2D eigenvalue weighted by atomic mass is 9.93. The number of hydrogen-bond acceptors (Lipinski definition) is 2. The number of aromatic nitrogens is 1. The molecule has 5 heteroatoms. The van der Waals surface area contributed by atoms with Crippen LogP contribution in [0.5, 0.6) is 0 Å². The van der Waals surface area contributed by atoms with E-state index in [1.165, 1.54) is 0 Å². The van der Waals surface area contributed by atoms with Crippen LogP contribution in [0.15, 0.2) is 41.0 Å². The third-order valence-corrected chi connectivity index (χ3v) is 4.89. The number of fused-ring (bicyclic) bond motifs is 2. The zero-order chi connectivity index (χ0) is 13.9. The lowest BCUT2D eigenvalue weighted by Gasteiger charge is -2.08. The molecule has 0 radical (unpaired) electrons. The van der Waals surface area contributed by atoms with E-state index < -0.39 is 5.41 Å². The van der Waals surface area contributed by atoms with Crippen molar-refractivity contribution in [3.05, 3.63) is 57.3 Å². The van der Waals surface area contributed by atoms with Gasteiger partial charge in [0.25, 0.3) is 0 Å². The first-order valence-electron chi connectivity index (χ1n) is 6.34. The van der Waals surface area contributed by atoms with Crippen LogP contribution in [0, 0.1) is 0 Å². The Morgan fingerprint density at radius 2 is 2.20 bits per heavy atom. The molecule has 1 aromatic carbocycles. The molecule has 3 nitrogen and oxygen atoms in total. The highest BCUT2D eigenvalue weighted by Crippen LogP contribution is 2.64. The SMILES string of the molecule is O=C1Nc2ccc(Cl)cc2[C@@]12C[C@@H]2c1ccc(Br)cn1. The molecule has 0 bridgehead atoms. The van der Waals surface area contributed by atoms with Gasteiger partial charge < -0.3 is 5.32 Å². The number of benzene rings is 1. The fourth-order valence-electron chi connectivity index (χ4n) is 3.11. The van der Waals surface area contributed by atoms with Gasteiger partial charge in [-0.15, -0.1) is 0 Å². The number of carbonyl (C=O) groups is 1. The van der Waals surface area contributed by atoms with Gasteiger partial charge in [0.1, 0.15) is 0 Å². The standard InChI is InChI=1S/C15H10BrClN2O/c16-8-1-3-12(18-7-8)11-6-15(11)10-5-9(17)2-4-13(10)19-14(15)20/h1-5,7,11H,6H2,(H,19,20)/t11-,15-/m1/s1. The second-order valence-electron chi connectivity index (χ2n) is 5.27. The Kier molecular flexibility index (Phi) is 2.51. The maximum Gasteiger partial charge on any atom is 0.235 e. The van der Waals surface area contributed by atoms with E-state index in [1.54, 1.807) is 12.3 Å². The van der Waals surface area contributed by atoms with Crippen LogP contribution in [-0.2, 0) is 10.2 Å². The minimum atomic E-state index is -0.471. The van der Waals surface area contributed by atoms with Gasteiger partial charge >= 0.3 is 0 Å². The van der Waals surface area contributed by atoms with Crippen LogP contribution < -0.4 is 5.32 Å². The van der Waals surface area contributed by atoms with Crippen molar-refractivity contribution >= 4 is 39.1 Å². The number of nitrogens with one attached hydrogen (secondary N) is 1. The molecule has 1 aromatic heterocycles. The highest BCUT2D eigenvalue weighted by atomic mass is 79.9. The predicted molar refractivity (Wildman–Crippen MR) is 81.1 cm³/mol. The Morgan fingerprint density at radius 3 is 2.95 bits per heavy atom. The molecule has 2 aliphatic rings. The molecule has 1 saturated carbocycles. The number of pyridine rings is 1. The minimum absolute atomic E-state index is 0.0597. The number of rotatable bonds is 1. The van der Waals surface area contributed by atoms with Gasteiger partial charge in [0.2, 0.25) is 5.91 Å². The van der Waals surface area contributed by atoms with Gasteiger partial charge in [-0.3, -0.25) is 9.78 Å². The molecule has 0 saturated heterocycles. The van der Waals surface area contributed by atoms with Gasteiger partial charge in [-0.2, -0.15) is 0 Å². The van der Waals surface area contributed by atoms with Crippen LogP contribution in [-0.4, -0.2) is 10.9 Å². The highest BCUT2D eigenvalue weighted by molar-refractivity contribution is 9.10. The third-order valence-electron chi connectivity index (χ3n) is 4.18. The summed E-state index contributed by atoms with van der Waals surface area (Å²) >= 11 is 9.46. The van der Waals surface area contributed by atoms with Crippen molar-refractivity contribution in [2.24, 2.45) is 0 Å². The Balaban J connectivity index is 1.79. The smallest absolute Gasteiger partial charge is 0.235 e. The van der Waals surface area contributed by atoms with E-state index >= 15 is 0 Å². The zero-order valence-corrected chi connectivity index (χ0v) is 12.7. The summed E-state index contributed by atoms with van der Waals surface area (Å²) in [6.07, 6.45) is 2.56. The molecule has 0 unspecified atom stereocenters. The van der Waals surface area contributed by atoms with Crippen molar-refractivity contribution in [2.75, 3.05) is 5.32 Å². The molecule has 2 heterocycles. The lowest BCUT2D eigenvalue weighted by Crippen LogP contribution is -2.21. The molecule has 2 aromatic rings. The van der Waals surface area contributed by atoms with Gasteiger partial charge in [-0.05, 0) is 58.2 Å². The first kappa shape index (κ1) is 12.4. The summed E-state index contributed by atoms with van der Waals surface area (Å²) in [5.41, 5.74) is 2.36. The van der Waals surface area contributed by atoms with Crippen LogP contribution in [0.25, 0.3) is 0 Å². The number of amides is 1. The number of anilines is 1. The molecule has 1 aliphatic carbocycles. The molecule has 1 aliphatic heterocycles. The highest BCUT2D eigenvalue weighted by Gasteiger charge is 2.65. The number of hydrogen-bond donors (Lipinski definition) is 1. The van der Waals surface area contributed by atoms with Crippen molar-refractivity contribution in [1.29, 1.82) is 0 Å². The molecule has 4 rings (SSSR count). The number of nitrogens with zero attached hydrogens (tertiary/aromatic N) is 1. The van der Waals surface area contributed by atoms with Crippen LogP contribution in [0.1, 0.15) is 23.6 Å². The Morgan fingerprint density at radius 1 is 1.35 bits per heavy atom. The number of carbonyl (C=O) groups excluding carboxylic acids is 1. The summed E-state index contributed by atoms with van der Waals surface area (Å²) < 4.78 is 0.940. The second kappa shape index (κ2) is 4.06. The van der Waals surface area contributed by atoms with Crippen LogP contribution in [0.3, 0.4) is 0 Å². The molecule has 1 amide bonds. The first-order chi connectivity index (χ1) is 9.61. The molecule has 2 atom stereocenters. The van der Waals surface area contributed by atoms with Gasteiger partial charge in [0.15, 0.2) is 0 Å². The van der Waals surface area contributed by atoms with E-state index in [-0.39, 0.29) is 11.8 Å². The predicted octanol–water partition coefficient (Wildman–Crippen LogP) is 3.87. The van der Waals surface area contributed by atoms with E-state index in [0.717, 1.165) is 27.8 Å². The van der Waals surface area contributed by atoms with E-state index in [2.05, 4.69) is 26.2 Å². The van der Waals surface area contributed by atoms with E-state index in [9.17, 15) is 4.79 Å². The normalized spacial score (nSPS) is 26.5. The van der Waals surface area contributed by atoms with Crippen LogP contribution in [0.4, 0.5) is 5.69 Å².